The van der Waals surface area contributed by atoms with Crippen molar-refractivity contribution >= 4 is 11.7 Å². The highest BCUT2D eigenvalue weighted by molar-refractivity contribution is 5.89. The number of carbonyl (C=O) groups excluding carboxylic acids is 1. The summed E-state index contributed by atoms with van der Waals surface area (Å²) in [6, 6.07) is 10.1. The lowest BCUT2D eigenvalue weighted by Crippen LogP contribution is -2.43. The van der Waals surface area contributed by atoms with Gasteiger partial charge in [0.15, 0.2) is 0 Å². The largest absolute Gasteiger partial charge is 0.381 e. The topological polar surface area (TPSA) is 68.6 Å². The Kier molecular flexibility index (Phi) is 6.24. The molecule has 2 aliphatic rings. The third kappa shape index (κ3) is 5.11. The van der Waals surface area contributed by atoms with Crippen LogP contribution in [-0.4, -0.2) is 59.7 Å². The fourth-order valence-corrected chi connectivity index (χ4v) is 3.70. The van der Waals surface area contributed by atoms with Gasteiger partial charge in [-0.15, -0.1) is 0 Å². The zero-order chi connectivity index (χ0) is 19.2. The van der Waals surface area contributed by atoms with Gasteiger partial charge in [0.25, 0.3) is 0 Å². The predicted octanol–water partition coefficient (Wildman–Crippen LogP) is 2.98. The first kappa shape index (κ1) is 19.0. The second kappa shape index (κ2) is 9.21. The molecule has 0 spiro atoms. The van der Waals surface area contributed by atoms with E-state index in [0.29, 0.717) is 12.5 Å². The van der Waals surface area contributed by atoms with Gasteiger partial charge in [0.1, 0.15) is 0 Å². The minimum absolute atomic E-state index is 0.0677. The Labute approximate surface area is 165 Å². The molecule has 1 unspecified atom stereocenters. The summed E-state index contributed by atoms with van der Waals surface area (Å²) in [5, 5.41) is 7.29. The molecule has 4 rings (SSSR count). The van der Waals surface area contributed by atoms with Crippen molar-refractivity contribution in [3.8, 4) is 0 Å². The molecule has 2 aliphatic heterocycles. The molecule has 28 heavy (non-hydrogen) atoms. The Balaban J connectivity index is 1.20. The minimum atomic E-state index is -0.0677. The zero-order valence-electron chi connectivity index (χ0n) is 16.1. The molecule has 3 heterocycles. The molecule has 2 amide bonds. The molecule has 1 N–H and O–H groups in total. The number of hydrogen-bond acceptors (Lipinski definition) is 4. The lowest BCUT2D eigenvalue weighted by Gasteiger charge is -2.32. The standard InChI is InChI=1S/C21H28N4O3/c26-21(23-19-12-22-25(14-19)13-17-4-2-1-3-5-17)24-9-6-20(7-10-24)28-16-18-8-11-27-15-18/h1-5,12,14,18,20H,6-11,13,15-16H2,(H,23,26). The van der Waals surface area contributed by atoms with Gasteiger partial charge in [-0.3, -0.25) is 4.68 Å². The van der Waals surface area contributed by atoms with Crippen LogP contribution in [0.3, 0.4) is 0 Å². The molecule has 1 atom stereocenters. The monoisotopic (exact) mass is 384 g/mol. The van der Waals surface area contributed by atoms with E-state index in [1.54, 1.807) is 6.20 Å². The third-order valence-electron chi connectivity index (χ3n) is 5.39. The lowest BCUT2D eigenvalue weighted by molar-refractivity contribution is -0.00351. The van der Waals surface area contributed by atoms with E-state index in [9.17, 15) is 4.79 Å². The zero-order valence-corrected chi connectivity index (χ0v) is 16.1. The average Bonchev–Trinajstić information content (AvgIpc) is 3.40. The quantitative estimate of drug-likeness (QED) is 0.831. The SMILES string of the molecule is O=C(Nc1cnn(Cc2ccccc2)c1)N1CCC(OCC2CCOC2)CC1. The van der Waals surface area contributed by atoms with Crippen LogP contribution in [-0.2, 0) is 16.0 Å². The van der Waals surface area contributed by atoms with E-state index in [1.807, 2.05) is 34.0 Å². The molecular formula is C21H28N4O3. The fourth-order valence-electron chi connectivity index (χ4n) is 3.70. The number of amides is 2. The van der Waals surface area contributed by atoms with E-state index in [0.717, 1.165) is 57.9 Å². The van der Waals surface area contributed by atoms with Gasteiger partial charge >= 0.3 is 6.03 Å². The number of hydrogen-bond donors (Lipinski definition) is 1. The highest BCUT2D eigenvalue weighted by atomic mass is 16.5. The molecule has 1 aromatic heterocycles. The summed E-state index contributed by atoms with van der Waals surface area (Å²) in [6.45, 7) is 4.57. The first-order chi connectivity index (χ1) is 13.8. The van der Waals surface area contributed by atoms with Crippen LogP contribution in [0.15, 0.2) is 42.7 Å². The molecule has 0 aliphatic carbocycles. The van der Waals surface area contributed by atoms with E-state index >= 15 is 0 Å². The molecule has 1 aromatic carbocycles. The number of carbonyl (C=O) groups is 1. The molecule has 2 saturated heterocycles. The van der Waals surface area contributed by atoms with E-state index in [4.69, 9.17) is 9.47 Å². The summed E-state index contributed by atoms with van der Waals surface area (Å²) in [5.41, 5.74) is 1.90. The van der Waals surface area contributed by atoms with E-state index in [2.05, 4.69) is 22.5 Å². The number of urea groups is 1. The summed E-state index contributed by atoms with van der Waals surface area (Å²) >= 11 is 0. The van der Waals surface area contributed by atoms with Crippen LogP contribution < -0.4 is 5.32 Å². The first-order valence-electron chi connectivity index (χ1n) is 10.1. The van der Waals surface area contributed by atoms with Crippen molar-refractivity contribution < 1.29 is 14.3 Å². The molecule has 150 valence electrons. The molecule has 0 radical (unpaired) electrons. The van der Waals surface area contributed by atoms with Gasteiger partial charge in [0.05, 0.1) is 37.7 Å². The van der Waals surface area contributed by atoms with Crippen molar-refractivity contribution in [3.05, 3.63) is 48.3 Å². The summed E-state index contributed by atoms with van der Waals surface area (Å²) in [6.07, 6.45) is 6.67. The molecule has 7 nitrogen and oxygen atoms in total. The maximum atomic E-state index is 12.5. The van der Waals surface area contributed by atoms with Crippen molar-refractivity contribution in [1.82, 2.24) is 14.7 Å². The predicted molar refractivity (Wildman–Crippen MR) is 106 cm³/mol. The number of piperidine rings is 1. The van der Waals surface area contributed by atoms with Gasteiger partial charge < -0.3 is 19.7 Å². The van der Waals surface area contributed by atoms with Crippen LogP contribution in [0.25, 0.3) is 0 Å². The van der Waals surface area contributed by atoms with Crippen molar-refractivity contribution in [2.24, 2.45) is 5.92 Å². The minimum Gasteiger partial charge on any atom is -0.381 e. The van der Waals surface area contributed by atoms with Gasteiger partial charge in [-0.2, -0.15) is 5.10 Å². The van der Waals surface area contributed by atoms with E-state index < -0.39 is 0 Å². The van der Waals surface area contributed by atoms with Gasteiger partial charge in [-0.1, -0.05) is 30.3 Å². The number of likely N-dealkylation sites (tertiary alicyclic amines) is 1. The Hall–Kier alpha value is -2.38. The average molecular weight is 384 g/mol. The highest BCUT2D eigenvalue weighted by Gasteiger charge is 2.25. The van der Waals surface area contributed by atoms with Gasteiger partial charge in [0.2, 0.25) is 0 Å². The van der Waals surface area contributed by atoms with Crippen molar-refractivity contribution in [2.45, 2.75) is 31.9 Å². The van der Waals surface area contributed by atoms with Crippen molar-refractivity contribution in [1.29, 1.82) is 0 Å². The number of aromatic nitrogens is 2. The first-order valence-corrected chi connectivity index (χ1v) is 10.1. The maximum Gasteiger partial charge on any atom is 0.321 e. The molecular weight excluding hydrogens is 356 g/mol. The molecule has 0 saturated carbocycles. The molecule has 0 bridgehead atoms. The molecule has 2 fully saturated rings. The smallest absolute Gasteiger partial charge is 0.321 e. The van der Waals surface area contributed by atoms with Crippen molar-refractivity contribution in [2.75, 3.05) is 38.2 Å². The van der Waals surface area contributed by atoms with Gasteiger partial charge in [-0.05, 0) is 24.8 Å². The van der Waals surface area contributed by atoms with Crippen LogP contribution in [0.1, 0.15) is 24.8 Å². The van der Waals surface area contributed by atoms with Crippen molar-refractivity contribution in [3.63, 3.8) is 0 Å². The Morgan fingerprint density at radius 1 is 1.21 bits per heavy atom. The number of nitrogens with zero attached hydrogens (tertiary/aromatic N) is 3. The van der Waals surface area contributed by atoms with Crippen LogP contribution in [0.4, 0.5) is 10.5 Å². The normalized spacial score (nSPS) is 20.4. The van der Waals surface area contributed by atoms with Crippen LogP contribution >= 0.6 is 0 Å². The van der Waals surface area contributed by atoms with Gasteiger partial charge in [0, 0.05) is 31.8 Å². The van der Waals surface area contributed by atoms with Crippen LogP contribution in [0.5, 0.6) is 0 Å². The number of ether oxygens (including phenoxy) is 2. The Morgan fingerprint density at radius 3 is 2.79 bits per heavy atom. The number of anilines is 1. The summed E-state index contributed by atoms with van der Waals surface area (Å²) < 4.78 is 13.2. The highest BCUT2D eigenvalue weighted by Crippen LogP contribution is 2.19. The summed E-state index contributed by atoms with van der Waals surface area (Å²) in [4.78, 5) is 14.4. The summed E-state index contributed by atoms with van der Waals surface area (Å²) in [7, 11) is 0. The fraction of sp³-hybridized carbons (Fsp3) is 0.524. The third-order valence-corrected chi connectivity index (χ3v) is 5.39. The molecule has 7 heteroatoms. The summed E-state index contributed by atoms with van der Waals surface area (Å²) in [5.74, 6) is 0.536. The number of rotatable bonds is 6. The number of nitrogens with one attached hydrogen (secondary N) is 1. The van der Waals surface area contributed by atoms with Gasteiger partial charge in [-0.25, -0.2) is 4.79 Å². The van der Waals surface area contributed by atoms with E-state index in [1.165, 1.54) is 5.56 Å². The van der Waals surface area contributed by atoms with Crippen LogP contribution in [0, 0.1) is 5.92 Å². The molecule has 2 aromatic rings. The Morgan fingerprint density at radius 2 is 2.04 bits per heavy atom. The second-order valence-electron chi connectivity index (χ2n) is 7.59. The van der Waals surface area contributed by atoms with Crippen LogP contribution in [0.2, 0.25) is 0 Å². The maximum absolute atomic E-state index is 12.5. The lowest BCUT2D eigenvalue weighted by atomic mass is 10.1. The number of benzene rings is 1. The van der Waals surface area contributed by atoms with E-state index in [-0.39, 0.29) is 12.1 Å². The Bertz CT molecular complexity index is 750. The second-order valence-corrected chi connectivity index (χ2v) is 7.59.